The van der Waals surface area contributed by atoms with Gasteiger partial charge in [-0.05, 0) is 56.0 Å². The molecule has 0 unspecified atom stereocenters. The Morgan fingerprint density at radius 3 is 1.29 bits per heavy atom. The zero-order valence-electron chi connectivity index (χ0n) is 18.1. The van der Waals surface area contributed by atoms with Crippen LogP contribution in [0.2, 0.25) is 36.3 Å². The summed E-state index contributed by atoms with van der Waals surface area (Å²) in [5, 5.41) is 0.425. The highest BCUT2D eigenvalue weighted by Crippen LogP contribution is 2.37. The molecule has 0 aromatic rings. The maximum atomic E-state index is 12.0. The van der Waals surface area contributed by atoms with Gasteiger partial charge in [0.25, 0.3) is 0 Å². The molecule has 0 aliphatic heterocycles. The fourth-order valence-electron chi connectivity index (χ4n) is 1.90. The van der Waals surface area contributed by atoms with E-state index >= 15 is 0 Å². The lowest BCUT2D eigenvalue weighted by Crippen LogP contribution is -2.42. The summed E-state index contributed by atoms with van der Waals surface area (Å²) in [4.78, 5) is 12.0. The van der Waals surface area contributed by atoms with Crippen molar-refractivity contribution in [3.63, 3.8) is 0 Å². The minimum Gasteiger partial charge on any atom is -0.417 e. The average Bonchev–Trinajstić information content (AvgIpc) is 2.33. The van der Waals surface area contributed by atoms with Crippen molar-refractivity contribution in [3.05, 3.63) is 0 Å². The third-order valence-electron chi connectivity index (χ3n) is 6.05. The summed E-state index contributed by atoms with van der Waals surface area (Å²) >= 11 is 0. The van der Waals surface area contributed by atoms with Crippen LogP contribution in [0.4, 0.5) is 0 Å². The second-order valence-corrected chi connectivity index (χ2v) is 19.7. The first-order valence-electron chi connectivity index (χ1n) is 9.29. The summed E-state index contributed by atoms with van der Waals surface area (Å²) in [5.74, 6) is 0.312. The number of carbonyl (C=O) groups is 1. The third-order valence-corrected chi connectivity index (χ3v) is 15.1. The van der Waals surface area contributed by atoms with Crippen LogP contribution in [0.5, 0.6) is 0 Å². The van der Waals surface area contributed by atoms with Gasteiger partial charge in [0, 0.05) is 19.1 Å². The fourth-order valence-corrected chi connectivity index (χ4v) is 4.02. The van der Waals surface area contributed by atoms with Crippen molar-refractivity contribution in [1.82, 2.24) is 0 Å². The predicted molar refractivity (Wildman–Crippen MR) is 110 cm³/mol. The second-order valence-electron chi connectivity index (χ2n) is 10.1. The van der Waals surface area contributed by atoms with Gasteiger partial charge < -0.3 is 8.85 Å². The van der Waals surface area contributed by atoms with E-state index in [-0.39, 0.29) is 21.8 Å². The quantitative estimate of drug-likeness (QED) is 0.463. The fraction of sp³-hybridized carbons (Fsp3) is 0.947. The molecule has 0 fully saturated rings. The van der Waals surface area contributed by atoms with Crippen LogP contribution in [-0.2, 0) is 13.6 Å². The number of carbonyl (C=O) groups excluding carboxylic acids is 1. The molecule has 0 saturated heterocycles. The molecule has 0 spiro atoms. The van der Waals surface area contributed by atoms with E-state index in [0.29, 0.717) is 13.2 Å². The van der Waals surface area contributed by atoms with Gasteiger partial charge in [0.1, 0.15) is 5.78 Å². The molecule has 0 saturated carbocycles. The molecule has 0 aromatic heterocycles. The molecule has 144 valence electrons. The molecule has 3 nitrogen and oxygen atoms in total. The minimum atomic E-state index is -1.73. The highest BCUT2D eigenvalue weighted by Gasteiger charge is 2.38. The first-order valence-corrected chi connectivity index (χ1v) is 15.1. The lowest BCUT2D eigenvalue weighted by atomic mass is 9.98. The van der Waals surface area contributed by atoms with E-state index in [2.05, 4.69) is 67.7 Å². The maximum Gasteiger partial charge on any atom is 0.191 e. The SMILES string of the molecule is CC(=O)C(CCO[Si](C)(C)C(C)(C)C)CCO[Si](C)(C)C(C)(C)C. The molecule has 0 amide bonds. The van der Waals surface area contributed by atoms with Gasteiger partial charge in [-0.2, -0.15) is 0 Å². The van der Waals surface area contributed by atoms with E-state index in [9.17, 15) is 4.79 Å². The van der Waals surface area contributed by atoms with Crippen LogP contribution in [-0.4, -0.2) is 35.6 Å². The number of ketones is 1. The number of rotatable bonds is 9. The Hall–Kier alpha value is 0.0238. The normalized spacial score (nSPS) is 14.3. The van der Waals surface area contributed by atoms with Gasteiger partial charge in [-0.15, -0.1) is 0 Å². The lowest BCUT2D eigenvalue weighted by molar-refractivity contribution is -0.121. The van der Waals surface area contributed by atoms with Gasteiger partial charge in [0.05, 0.1) is 0 Å². The van der Waals surface area contributed by atoms with Gasteiger partial charge in [-0.3, -0.25) is 4.79 Å². The Balaban J connectivity index is 4.47. The Bertz CT molecular complexity index is 372. The van der Waals surface area contributed by atoms with Crippen LogP contribution >= 0.6 is 0 Å². The van der Waals surface area contributed by atoms with Gasteiger partial charge in [-0.1, -0.05) is 41.5 Å². The van der Waals surface area contributed by atoms with E-state index in [1.807, 2.05) is 0 Å². The molecule has 0 bridgehead atoms. The molecule has 0 atom stereocenters. The summed E-state index contributed by atoms with van der Waals surface area (Å²) in [7, 11) is -3.46. The summed E-state index contributed by atoms with van der Waals surface area (Å²) in [6.45, 7) is 25.6. The first kappa shape index (κ1) is 24.0. The molecule has 5 heteroatoms. The van der Waals surface area contributed by atoms with Gasteiger partial charge in [0.15, 0.2) is 16.6 Å². The zero-order valence-corrected chi connectivity index (χ0v) is 20.1. The Labute approximate surface area is 153 Å². The van der Waals surface area contributed by atoms with Gasteiger partial charge in [0.2, 0.25) is 0 Å². The van der Waals surface area contributed by atoms with Crippen LogP contribution in [0.15, 0.2) is 0 Å². The molecular formula is C19H42O3Si2. The summed E-state index contributed by atoms with van der Waals surface area (Å²) in [6.07, 6.45) is 1.62. The van der Waals surface area contributed by atoms with Gasteiger partial charge >= 0.3 is 0 Å². The summed E-state index contributed by atoms with van der Waals surface area (Å²) in [6, 6.07) is 0. The van der Waals surface area contributed by atoms with E-state index in [1.165, 1.54) is 0 Å². The maximum absolute atomic E-state index is 12.0. The Morgan fingerprint density at radius 2 is 1.08 bits per heavy atom. The average molecular weight is 375 g/mol. The lowest BCUT2D eigenvalue weighted by Gasteiger charge is -2.37. The molecule has 0 aliphatic carbocycles. The van der Waals surface area contributed by atoms with Crippen LogP contribution in [0.3, 0.4) is 0 Å². The molecule has 0 rings (SSSR count). The molecular weight excluding hydrogens is 332 g/mol. The van der Waals surface area contributed by atoms with Crippen LogP contribution in [0.25, 0.3) is 0 Å². The largest absolute Gasteiger partial charge is 0.417 e. The number of Topliss-reactive ketones (excluding diaryl/α,β-unsaturated/α-hetero) is 1. The summed E-state index contributed by atoms with van der Waals surface area (Å²) in [5.41, 5.74) is 0. The molecule has 0 radical (unpaired) electrons. The van der Waals surface area contributed by atoms with Crippen molar-refractivity contribution in [2.75, 3.05) is 13.2 Å². The van der Waals surface area contributed by atoms with Crippen molar-refractivity contribution in [2.24, 2.45) is 5.92 Å². The van der Waals surface area contributed by atoms with Crippen molar-refractivity contribution < 1.29 is 13.6 Å². The standard InChI is InChI=1S/C19H42O3Si2/c1-16(20)17(12-14-21-23(8,9)18(2,3)4)13-15-22-24(10,11)19(5,6)7/h17H,12-15H2,1-11H3. The number of hydrogen-bond acceptors (Lipinski definition) is 3. The van der Waals surface area contributed by atoms with Crippen molar-refractivity contribution in [3.8, 4) is 0 Å². The highest BCUT2D eigenvalue weighted by atomic mass is 28.4. The van der Waals surface area contributed by atoms with Crippen LogP contribution in [0, 0.1) is 5.92 Å². The first-order chi connectivity index (χ1) is 10.5. The Morgan fingerprint density at radius 1 is 0.792 bits per heavy atom. The smallest absolute Gasteiger partial charge is 0.191 e. The van der Waals surface area contributed by atoms with E-state index in [4.69, 9.17) is 8.85 Å². The third kappa shape index (κ3) is 7.50. The van der Waals surface area contributed by atoms with Crippen LogP contribution in [0.1, 0.15) is 61.3 Å². The minimum absolute atomic E-state index is 0.0551. The molecule has 24 heavy (non-hydrogen) atoms. The summed E-state index contributed by atoms with van der Waals surface area (Å²) < 4.78 is 12.5. The van der Waals surface area contributed by atoms with E-state index in [0.717, 1.165) is 12.8 Å². The molecule has 0 aromatic carbocycles. The van der Waals surface area contributed by atoms with Crippen molar-refractivity contribution in [1.29, 1.82) is 0 Å². The Kier molecular flexibility index (Phi) is 8.61. The van der Waals surface area contributed by atoms with E-state index in [1.54, 1.807) is 6.92 Å². The van der Waals surface area contributed by atoms with Crippen LogP contribution < -0.4 is 0 Å². The highest BCUT2D eigenvalue weighted by molar-refractivity contribution is 6.74. The number of hydrogen-bond donors (Lipinski definition) is 0. The van der Waals surface area contributed by atoms with Crippen molar-refractivity contribution >= 4 is 22.4 Å². The van der Waals surface area contributed by atoms with E-state index < -0.39 is 16.6 Å². The zero-order chi connectivity index (χ0) is 19.4. The van der Waals surface area contributed by atoms with Gasteiger partial charge in [-0.25, -0.2) is 0 Å². The molecule has 0 aliphatic rings. The monoisotopic (exact) mass is 374 g/mol. The topological polar surface area (TPSA) is 35.5 Å². The predicted octanol–water partition coefficient (Wildman–Crippen LogP) is 6.02. The van der Waals surface area contributed by atoms with Crippen molar-refractivity contribution in [2.45, 2.75) is 97.6 Å². The molecule has 0 heterocycles. The second kappa shape index (κ2) is 8.61. The molecule has 0 N–H and O–H groups in total.